The van der Waals surface area contributed by atoms with E-state index >= 15 is 0 Å². The molecule has 1 amide bonds. The summed E-state index contributed by atoms with van der Waals surface area (Å²) in [7, 11) is 1.77. The molecule has 2 heterocycles. The largest absolute Gasteiger partial charge is 0.319 e. The summed E-state index contributed by atoms with van der Waals surface area (Å²) in [6, 6.07) is 7.48. The van der Waals surface area contributed by atoms with Crippen molar-refractivity contribution in [2.75, 3.05) is 18.5 Å². The zero-order valence-corrected chi connectivity index (χ0v) is 13.7. The Bertz CT molecular complexity index is 714. The van der Waals surface area contributed by atoms with Gasteiger partial charge >= 0.3 is 6.55 Å². The smallest absolute Gasteiger partial charge is 0.311 e. The maximum absolute atomic E-state index is 12.9. The van der Waals surface area contributed by atoms with E-state index in [0.717, 1.165) is 15.8 Å². The van der Waals surface area contributed by atoms with Gasteiger partial charge in [0.25, 0.3) is 0 Å². The first-order valence-corrected chi connectivity index (χ1v) is 7.85. The molecule has 128 valence electrons. The van der Waals surface area contributed by atoms with E-state index in [1.165, 1.54) is 12.4 Å². The van der Waals surface area contributed by atoms with Gasteiger partial charge in [-0.3, -0.25) is 14.3 Å². The third-order valence-corrected chi connectivity index (χ3v) is 4.40. The molecule has 7 heteroatoms. The summed E-state index contributed by atoms with van der Waals surface area (Å²) in [5.74, 6) is 0.255. The molecule has 1 saturated heterocycles. The van der Waals surface area contributed by atoms with Gasteiger partial charge in [-0.05, 0) is 32.5 Å². The van der Waals surface area contributed by atoms with Gasteiger partial charge in [0.1, 0.15) is 5.82 Å². The van der Waals surface area contributed by atoms with Crippen LogP contribution >= 0.6 is 0 Å². The van der Waals surface area contributed by atoms with Gasteiger partial charge in [0.05, 0.1) is 12.6 Å². The summed E-state index contributed by atoms with van der Waals surface area (Å²) in [4.78, 5) is 20.2. The molecule has 1 aliphatic heterocycles. The monoisotopic (exact) mass is 334 g/mol. The third kappa shape index (κ3) is 3.17. The van der Waals surface area contributed by atoms with Crippen LogP contribution in [-0.4, -0.2) is 40.0 Å². The van der Waals surface area contributed by atoms with Crippen molar-refractivity contribution >= 4 is 11.6 Å². The number of carbonyl (C=O) groups excluding carboxylic acids is 1. The van der Waals surface area contributed by atoms with Gasteiger partial charge in [0.15, 0.2) is 0 Å². The minimum absolute atomic E-state index is 0.00324. The molecular weight excluding hydrogens is 314 g/mol. The average Bonchev–Trinajstić information content (AvgIpc) is 3.15. The first-order chi connectivity index (χ1) is 11.5. The molecule has 5 nitrogen and oxygen atoms in total. The number of alkyl halides is 2. The number of carbonyl (C=O) groups is 1. The first kappa shape index (κ1) is 16.6. The number of likely N-dealkylation sites (N-methyl/N-ethyl adjacent to an activating group) is 1. The van der Waals surface area contributed by atoms with E-state index in [1.807, 2.05) is 31.2 Å². The predicted octanol–water partition coefficient (Wildman–Crippen LogP) is 2.82. The van der Waals surface area contributed by atoms with Gasteiger partial charge in [-0.15, -0.1) is 0 Å². The van der Waals surface area contributed by atoms with E-state index in [2.05, 4.69) is 4.98 Å². The van der Waals surface area contributed by atoms with Crippen LogP contribution in [0.15, 0.2) is 36.7 Å². The highest BCUT2D eigenvalue weighted by Crippen LogP contribution is 2.25. The van der Waals surface area contributed by atoms with Crippen LogP contribution in [0.5, 0.6) is 0 Å². The van der Waals surface area contributed by atoms with Crippen molar-refractivity contribution in [2.45, 2.75) is 32.5 Å². The highest BCUT2D eigenvalue weighted by molar-refractivity contribution is 5.99. The highest BCUT2D eigenvalue weighted by atomic mass is 19.3. The first-order valence-electron chi connectivity index (χ1n) is 7.85. The Labute approximate surface area is 139 Å². The lowest BCUT2D eigenvalue weighted by atomic mass is 10.2. The van der Waals surface area contributed by atoms with E-state index in [-0.39, 0.29) is 24.3 Å². The second-order valence-electron chi connectivity index (χ2n) is 6.07. The van der Waals surface area contributed by atoms with E-state index in [4.69, 9.17) is 0 Å². The zero-order valence-electron chi connectivity index (χ0n) is 13.7. The van der Waals surface area contributed by atoms with Crippen LogP contribution in [-0.2, 0) is 11.3 Å². The van der Waals surface area contributed by atoms with Crippen LogP contribution in [0.4, 0.5) is 14.5 Å². The molecule has 0 spiro atoms. The molecule has 0 N–H and O–H groups in total. The van der Waals surface area contributed by atoms with Crippen LogP contribution in [0.3, 0.4) is 0 Å². The molecule has 0 aliphatic carbocycles. The van der Waals surface area contributed by atoms with Crippen molar-refractivity contribution in [3.05, 3.63) is 48.0 Å². The van der Waals surface area contributed by atoms with Crippen molar-refractivity contribution in [2.24, 2.45) is 0 Å². The summed E-state index contributed by atoms with van der Waals surface area (Å²) in [5.41, 5.74) is 2.01. The lowest BCUT2D eigenvalue weighted by Crippen LogP contribution is -2.39. The SMILES string of the molecule is Cc1ccc(N2CCC(N(C)Cc3nccn3C(F)F)C2=O)cc1. The molecule has 0 bridgehead atoms. The quantitative estimate of drug-likeness (QED) is 0.844. The fourth-order valence-electron chi connectivity index (χ4n) is 3.03. The maximum atomic E-state index is 12.9. The number of anilines is 1. The standard InChI is InChI=1S/C17H20F2N4O/c1-12-3-5-13(6-4-12)22-9-7-14(16(22)24)21(2)11-15-20-8-10-23(15)17(18)19/h3-6,8,10,14,17H,7,9,11H2,1-2H3. The summed E-state index contributed by atoms with van der Waals surface area (Å²) < 4.78 is 26.6. The minimum Gasteiger partial charge on any atom is -0.311 e. The summed E-state index contributed by atoms with van der Waals surface area (Å²) in [6.45, 7) is 0.201. The van der Waals surface area contributed by atoms with E-state index in [9.17, 15) is 13.6 Å². The highest BCUT2D eigenvalue weighted by Gasteiger charge is 2.35. The van der Waals surface area contributed by atoms with Crippen molar-refractivity contribution in [3.63, 3.8) is 0 Å². The van der Waals surface area contributed by atoms with E-state index in [0.29, 0.717) is 13.0 Å². The number of amides is 1. The molecule has 1 aromatic heterocycles. The van der Waals surface area contributed by atoms with Gasteiger partial charge in [0.2, 0.25) is 5.91 Å². The molecule has 3 rings (SSSR count). The minimum atomic E-state index is -2.63. The van der Waals surface area contributed by atoms with Gasteiger partial charge in [-0.1, -0.05) is 17.7 Å². The van der Waals surface area contributed by atoms with Crippen LogP contribution in [0.1, 0.15) is 24.4 Å². The molecule has 2 aromatic rings. The number of rotatable bonds is 5. The lowest BCUT2D eigenvalue weighted by molar-refractivity contribution is -0.121. The summed E-state index contributed by atoms with van der Waals surface area (Å²) in [6.07, 6.45) is 3.27. The third-order valence-electron chi connectivity index (χ3n) is 4.40. The second-order valence-corrected chi connectivity index (χ2v) is 6.07. The summed E-state index contributed by atoms with van der Waals surface area (Å²) in [5, 5.41) is 0. The molecule has 1 aliphatic rings. The van der Waals surface area contributed by atoms with Gasteiger partial charge in [0, 0.05) is 24.6 Å². The Morgan fingerprint density at radius 3 is 2.71 bits per heavy atom. The Morgan fingerprint density at radius 1 is 1.33 bits per heavy atom. The number of aryl methyl sites for hydroxylation is 1. The van der Waals surface area contributed by atoms with Crippen LogP contribution in [0, 0.1) is 6.92 Å². The molecular formula is C17H20F2N4O. The Morgan fingerprint density at radius 2 is 2.04 bits per heavy atom. The Balaban J connectivity index is 1.70. The van der Waals surface area contributed by atoms with Crippen molar-refractivity contribution in [1.82, 2.24) is 14.5 Å². The normalized spacial score (nSPS) is 18.2. The van der Waals surface area contributed by atoms with Crippen LogP contribution < -0.4 is 4.90 Å². The molecule has 1 atom stereocenters. The van der Waals surface area contributed by atoms with Gasteiger partial charge in [-0.2, -0.15) is 8.78 Å². The second kappa shape index (κ2) is 6.68. The number of nitrogens with zero attached hydrogens (tertiary/aromatic N) is 4. The van der Waals surface area contributed by atoms with Crippen molar-refractivity contribution in [1.29, 1.82) is 0 Å². The fraction of sp³-hybridized carbons (Fsp3) is 0.412. The van der Waals surface area contributed by atoms with Crippen molar-refractivity contribution < 1.29 is 13.6 Å². The molecule has 1 aromatic carbocycles. The molecule has 0 saturated carbocycles. The zero-order chi connectivity index (χ0) is 17.3. The molecule has 24 heavy (non-hydrogen) atoms. The van der Waals surface area contributed by atoms with E-state index < -0.39 is 6.55 Å². The number of halogens is 2. The summed E-state index contributed by atoms with van der Waals surface area (Å²) >= 11 is 0. The van der Waals surface area contributed by atoms with Gasteiger partial charge < -0.3 is 4.90 Å². The van der Waals surface area contributed by atoms with Crippen LogP contribution in [0.25, 0.3) is 0 Å². The Hall–Kier alpha value is -2.28. The predicted molar refractivity (Wildman–Crippen MR) is 86.9 cm³/mol. The molecule has 1 fully saturated rings. The average molecular weight is 334 g/mol. The topological polar surface area (TPSA) is 41.4 Å². The number of benzene rings is 1. The van der Waals surface area contributed by atoms with Gasteiger partial charge in [-0.25, -0.2) is 4.98 Å². The maximum Gasteiger partial charge on any atom is 0.319 e. The number of hydrogen-bond acceptors (Lipinski definition) is 3. The molecule has 1 unspecified atom stereocenters. The lowest BCUT2D eigenvalue weighted by Gasteiger charge is -2.23. The van der Waals surface area contributed by atoms with Crippen molar-refractivity contribution in [3.8, 4) is 0 Å². The fourth-order valence-corrected chi connectivity index (χ4v) is 3.03. The number of hydrogen-bond donors (Lipinski definition) is 0. The Kier molecular flexibility index (Phi) is 4.62. The number of imidazole rings is 1. The van der Waals surface area contributed by atoms with E-state index in [1.54, 1.807) is 16.8 Å². The number of aromatic nitrogens is 2. The van der Waals surface area contributed by atoms with Crippen LogP contribution in [0.2, 0.25) is 0 Å². The molecule has 0 radical (unpaired) electrons.